The molecule has 0 spiro atoms. The lowest BCUT2D eigenvalue weighted by atomic mass is 9.93. The molecule has 12 rings (SSSR count). The number of hydrogen-bond acceptors (Lipinski definition) is 1. The van der Waals surface area contributed by atoms with Gasteiger partial charge >= 0.3 is 0 Å². The van der Waals surface area contributed by atoms with Crippen molar-refractivity contribution in [2.75, 3.05) is 17.4 Å². The predicted molar refractivity (Wildman–Crippen MR) is 292 cm³/mol. The molecule has 322 valence electrons. The molecule has 3 heteroatoms. The molecule has 1 aliphatic heterocycles. The second kappa shape index (κ2) is 16.5. The van der Waals surface area contributed by atoms with Gasteiger partial charge < -0.3 is 9.47 Å². The lowest BCUT2D eigenvalue weighted by Crippen LogP contribution is -2.09. The zero-order chi connectivity index (χ0) is 45.1. The Morgan fingerprint density at radius 1 is 0.493 bits per heavy atom. The first-order chi connectivity index (χ1) is 32.9. The van der Waals surface area contributed by atoms with Gasteiger partial charge in [-0.3, -0.25) is 0 Å². The Labute approximate surface area is 395 Å². The molecule has 0 unspecified atom stereocenters. The monoisotopic (exact) mass is 878 g/mol. The summed E-state index contributed by atoms with van der Waals surface area (Å²) in [4.78, 5) is 3.75. The van der Waals surface area contributed by atoms with Crippen LogP contribution in [-0.2, 0) is 0 Å². The summed E-state index contributed by atoms with van der Waals surface area (Å²) in [6, 6.07) is 73.7. The van der Waals surface area contributed by atoms with Gasteiger partial charge in [0.05, 0.1) is 11.0 Å². The highest BCUT2D eigenvalue weighted by molar-refractivity contribution is 8.35. The predicted octanol–water partition coefficient (Wildman–Crippen LogP) is 18.1. The molecule has 10 aromatic rings. The highest BCUT2D eigenvalue weighted by Gasteiger charge is 2.24. The van der Waals surface area contributed by atoms with Gasteiger partial charge in [0.1, 0.15) is 0 Å². The molecule has 0 radical (unpaired) electrons. The normalized spacial score (nSPS) is 15.1. The lowest BCUT2D eigenvalue weighted by molar-refractivity contribution is 0.979. The molecule has 0 saturated carbocycles. The van der Waals surface area contributed by atoms with E-state index in [2.05, 4.69) is 252 Å². The van der Waals surface area contributed by atoms with Crippen LogP contribution < -0.4 is 4.90 Å². The molecule has 0 fully saturated rings. The van der Waals surface area contributed by atoms with Gasteiger partial charge in [0.2, 0.25) is 0 Å². The van der Waals surface area contributed by atoms with Crippen molar-refractivity contribution < 1.29 is 0 Å². The molecule has 1 aliphatic carbocycles. The average molecular weight is 879 g/mol. The van der Waals surface area contributed by atoms with E-state index in [0.29, 0.717) is 0 Å². The molecule has 2 aliphatic rings. The molecule has 0 bridgehead atoms. The summed E-state index contributed by atoms with van der Waals surface area (Å²) >= 11 is 0. The fraction of sp³-hybridized carbons (Fsp3) is 0.0625. The standard InChI is InChI=1S/C64H50N2S/c1-44-58-23-12-13-24-64(58)67(2,3)38-37-53-42-61-60-41-52(30-36-62(60)66(63(61)43-59(44)53)54-21-8-5-9-22-54)50-20-14-19-49(39-50)48-27-33-56(34-28-48)65(57-35-29-46-17-10-11-18-51(46)40-57)55-31-25-47(26-32-55)45-15-6-4-7-16-45/h4-8,10-21,23-43H,1,9,22H2,2-3H3/b38-37-. The third-order valence-corrected chi connectivity index (χ3v) is 16.1. The Morgan fingerprint density at radius 2 is 1.10 bits per heavy atom. The molecule has 9 aromatic carbocycles. The van der Waals surface area contributed by atoms with Crippen molar-refractivity contribution in [3.8, 4) is 33.4 Å². The van der Waals surface area contributed by atoms with Crippen LogP contribution in [0, 0.1) is 0 Å². The summed E-state index contributed by atoms with van der Waals surface area (Å²) in [5.74, 6) is 0. The summed E-state index contributed by atoms with van der Waals surface area (Å²) in [5.41, 5.74) is 19.1. The molecule has 0 N–H and O–H groups in total. The summed E-state index contributed by atoms with van der Waals surface area (Å²) in [6.07, 6.45) is 15.9. The maximum absolute atomic E-state index is 4.76. The summed E-state index contributed by atoms with van der Waals surface area (Å²) in [6.45, 7) is 4.76. The molecule has 1 aromatic heterocycles. The van der Waals surface area contributed by atoms with E-state index >= 15 is 0 Å². The fourth-order valence-electron chi connectivity index (χ4n) is 10.3. The number of benzene rings is 9. The van der Waals surface area contributed by atoms with Crippen LogP contribution in [-0.4, -0.2) is 17.1 Å². The van der Waals surface area contributed by atoms with Gasteiger partial charge in [-0.15, -0.1) is 0 Å². The van der Waals surface area contributed by atoms with Crippen molar-refractivity contribution in [2.24, 2.45) is 0 Å². The van der Waals surface area contributed by atoms with E-state index in [4.69, 9.17) is 6.58 Å². The molecule has 0 amide bonds. The van der Waals surface area contributed by atoms with Crippen LogP contribution in [0.1, 0.15) is 29.5 Å². The van der Waals surface area contributed by atoms with Crippen LogP contribution in [0.3, 0.4) is 0 Å². The van der Waals surface area contributed by atoms with E-state index < -0.39 is 10.0 Å². The number of fused-ring (bicyclic) bond motifs is 6. The first kappa shape index (κ1) is 40.6. The molecule has 2 heterocycles. The van der Waals surface area contributed by atoms with Gasteiger partial charge in [0.25, 0.3) is 0 Å². The SMILES string of the molecule is C=C1c2cc3c(cc2/C=C\S(C)(C)c2ccccc21)c1cc(-c2cccc(-c4ccc(N(c5ccc(-c6ccccc6)cc5)c5ccc6ccccc6c5)cc4)c2)ccc1n3C1=CC=CCC1. The van der Waals surface area contributed by atoms with Crippen LogP contribution >= 0.6 is 10.0 Å². The van der Waals surface area contributed by atoms with E-state index in [1.165, 1.54) is 93.2 Å². The maximum atomic E-state index is 4.76. The van der Waals surface area contributed by atoms with Crippen molar-refractivity contribution in [1.29, 1.82) is 0 Å². The Kier molecular flexibility index (Phi) is 10.0. The summed E-state index contributed by atoms with van der Waals surface area (Å²) in [7, 11) is -1.17. The first-order valence-electron chi connectivity index (χ1n) is 23.2. The highest BCUT2D eigenvalue weighted by Crippen LogP contribution is 2.56. The number of hydrogen-bond donors (Lipinski definition) is 0. The molecule has 2 nitrogen and oxygen atoms in total. The Bertz CT molecular complexity index is 3660. The van der Waals surface area contributed by atoms with E-state index in [1.807, 2.05) is 0 Å². The van der Waals surface area contributed by atoms with Crippen LogP contribution in [0.4, 0.5) is 17.1 Å². The largest absolute Gasteiger partial charge is 0.313 e. The second-order valence-electron chi connectivity index (χ2n) is 18.2. The van der Waals surface area contributed by atoms with Crippen molar-refractivity contribution in [1.82, 2.24) is 4.57 Å². The van der Waals surface area contributed by atoms with E-state index in [9.17, 15) is 0 Å². The number of allylic oxidation sites excluding steroid dienone is 4. The Hall–Kier alpha value is -7.85. The van der Waals surface area contributed by atoms with Crippen LogP contribution in [0.15, 0.2) is 235 Å². The quantitative estimate of drug-likeness (QED) is 0.155. The van der Waals surface area contributed by atoms with Gasteiger partial charge in [-0.2, -0.15) is 10.0 Å². The zero-order valence-corrected chi connectivity index (χ0v) is 38.7. The van der Waals surface area contributed by atoms with Crippen molar-refractivity contribution in [2.45, 2.75) is 17.7 Å². The van der Waals surface area contributed by atoms with Crippen LogP contribution in [0.25, 0.3) is 83.3 Å². The minimum Gasteiger partial charge on any atom is -0.313 e. The molecule has 0 saturated heterocycles. The first-order valence-corrected chi connectivity index (χ1v) is 25.7. The minimum atomic E-state index is -1.17. The van der Waals surface area contributed by atoms with Gasteiger partial charge in [-0.05, 0) is 182 Å². The molecule has 67 heavy (non-hydrogen) atoms. The minimum absolute atomic E-state index is 0.997. The Morgan fingerprint density at radius 3 is 1.87 bits per heavy atom. The van der Waals surface area contributed by atoms with Crippen molar-refractivity contribution in [3.63, 3.8) is 0 Å². The fourth-order valence-corrected chi connectivity index (χ4v) is 12.1. The Balaban J connectivity index is 0.928. The zero-order valence-electron chi connectivity index (χ0n) is 37.9. The van der Waals surface area contributed by atoms with E-state index in [-0.39, 0.29) is 0 Å². The second-order valence-corrected chi connectivity index (χ2v) is 21.8. The third kappa shape index (κ3) is 7.33. The number of aromatic nitrogens is 1. The summed E-state index contributed by atoms with van der Waals surface area (Å²) in [5, 5.41) is 7.43. The molecular formula is C64H50N2S. The highest BCUT2D eigenvalue weighted by atomic mass is 32.3. The van der Waals surface area contributed by atoms with Gasteiger partial charge in [-0.1, -0.05) is 146 Å². The molecular weight excluding hydrogens is 829 g/mol. The topological polar surface area (TPSA) is 8.17 Å². The van der Waals surface area contributed by atoms with Crippen molar-refractivity contribution in [3.05, 3.63) is 247 Å². The van der Waals surface area contributed by atoms with Crippen LogP contribution in [0.2, 0.25) is 0 Å². The smallest absolute Gasteiger partial charge is 0.0544 e. The van der Waals surface area contributed by atoms with Crippen molar-refractivity contribution >= 4 is 77.0 Å². The van der Waals surface area contributed by atoms with E-state index in [0.717, 1.165) is 35.5 Å². The van der Waals surface area contributed by atoms with Gasteiger partial charge in [0, 0.05) is 38.4 Å². The average Bonchev–Trinajstić information content (AvgIpc) is 3.71. The van der Waals surface area contributed by atoms with Gasteiger partial charge in [0.15, 0.2) is 0 Å². The molecule has 0 atom stereocenters. The lowest BCUT2D eigenvalue weighted by Gasteiger charge is -2.32. The number of rotatable bonds is 7. The van der Waals surface area contributed by atoms with Crippen LogP contribution in [0.5, 0.6) is 0 Å². The summed E-state index contributed by atoms with van der Waals surface area (Å²) < 4.78 is 2.51. The number of nitrogens with zero attached hydrogens (tertiary/aromatic N) is 2. The third-order valence-electron chi connectivity index (χ3n) is 13.8. The van der Waals surface area contributed by atoms with Gasteiger partial charge in [-0.25, -0.2) is 0 Å². The number of anilines is 3. The van der Waals surface area contributed by atoms with E-state index in [1.54, 1.807) is 0 Å². The maximum Gasteiger partial charge on any atom is 0.0544 e.